The van der Waals surface area contributed by atoms with E-state index in [4.69, 9.17) is 0 Å². The fraction of sp³-hybridized carbons (Fsp3) is 0.125. The number of carbonyl (C=O) groups is 1. The largest absolute Gasteiger partial charge is 0.465 e. The first-order chi connectivity index (χ1) is 6.06. The van der Waals surface area contributed by atoms with Crippen LogP contribution in [0.5, 0.6) is 0 Å². The molecular formula is C8H7BrFO2P. The molecule has 1 unspecified atom stereocenters. The molecule has 70 valence electrons. The summed E-state index contributed by atoms with van der Waals surface area (Å²) in [6, 6.07) is 2.66. The van der Waals surface area contributed by atoms with Gasteiger partial charge in [-0.25, -0.2) is 9.18 Å². The first-order valence-corrected chi connectivity index (χ1v) is 4.76. The van der Waals surface area contributed by atoms with Crippen molar-refractivity contribution in [3.63, 3.8) is 0 Å². The van der Waals surface area contributed by atoms with Crippen LogP contribution in [-0.2, 0) is 4.74 Å². The molecule has 0 aliphatic heterocycles. The van der Waals surface area contributed by atoms with E-state index < -0.39 is 11.8 Å². The summed E-state index contributed by atoms with van der Waals surface area (Å²) in [6.07, 6.45) is 0. The molecule has 0 aliphatic rings. The Morgan fingerprint density at radius 2 is 2.23 bits per heavy atom. The molecule has 0 heterocycles. The maximum Gasteiger partial charge on any atom is 0.337 e. The van der Waals surface area contributed by atoms with Crippen LogP contribution >= 0.6 is 25.2 Å². The van der Waals surface area contributed by atoms with E-state index in [1.807, 2.05) is 0 Å². The fourth-order valence-corrected chi connectivity index (χ4v) is 1.39. The van der Waals surface area contributed by atoms with Crippen LogP contribution in [0, 0.1) is 5.82 Å². The highest BCUT2D eigenvalue weighted by Crippen LogP contribution is 2.17. The van der Waals surface area contributed by atoms with Gasteiger partial charge in [-0.2, -0.15) is 0 Å². The van der Waals surface area contributed by atoms with Crippen molar-refractivity contribution in [2.24, 2.45) is 0 Å². The lowest BCUT2D eigenvalue weighted by Crippen LogP contribution is -2.07. The third-order valence-corrected chi connectivity index (χ3v) is 3.19. The maximum absolute atomic E-state index is 13.1. The predicted molar refractivity (Wildman–Crippen MR) is 54.8 cm³/mol. The molecule has 0 bridgehead atoms. The number of rotatable bonds is 1. The normalized spacial score (nSPS) is 9.85. The number of benzene rings is 1. The monoisotopic (exact) mass is 264 g/mol. The van der Waals surface area contributed by atoms with E-state index in [0.29, 0.717) is 9.78 Å². The van der Waals surface area contributed by atoms with Crippen LogP contribution in [0.3, 0.4) is 0 Å². The van der Waals surface area contributed by atoms with Gasteiger partial charge >= 0.3 is 5.97 Å². The molecule has 0 aliphatic carbocycles. The summed E-state index contributed by atoms with van der Waals surface area (Å²) in [5.41, 5.74) is 0.202. The summed E-state index contributed by atoms with van der Waals surface area (Å²) in [7, 11) is 3.58. The van der Waals surface area contributed by atoms with Crippen molar-refractivity contribution in [2.75, 3.05) is 7.11 Å². The Labute approximate surface area is 85.8 Å². The van der Waals surface area contributed by atoms with Gasteiger partial charge in [0.2, 0.25) is 0 Å². The Morgan fingerprint density at radius 3 is 2.69 bits per heavy atom. The number of carbonyl (C=O) groups excluding carboxylic acids is 1. The first kappa shape index (κ1) is 10.6. The summed E-state index contributed by atoms with van der Waals surface area (Å²) < 4.78 is 17.9. The first-order valence-electron chi connectivity index (χ1n) is 3.39. The zero-order valence-corrected chi connectivity index (χ0v) is 9.55. The van der Waals surface area contributed by atoms with Gasteiger partial charge in [0.1, 0.15) is 5.82 Å². The van der Waals surface area contributed by atoms with E-state index in [2.05, 4.69) is 29.9 Å². The van der Waals surface area contributed by atoms with Gasteiger partial charge in [0.15, 0.2) is 0 Å². The van der Waals surface area contributed by atoms with Crippen molar-refractivity contribution in [3.8, 4) is 0 Å². The van der Waals surface area contributed by atoms with Gasteiger partial charge in [0, 0.05) is 0 Å². The number of methoxy groups -OCH3 is 1. The molecule has 1 rings (SSSR count). The quantitative estimate of drug-likeness (QED) is 0.572. The second-order valence-corrected chi connectivity index (χ2v) is 3.77. The molecule has 0 radical (unpaired) electrons. The molecule has 0 amide bonds. The Bertz CT molecular complexity index is 331. The zero-order chi connectivity index (χ0) is 10.0. The van der Waals surface area contributed by atoms with Crippen LogP contribution in [0.25, 0.3) is 0 Å². The summed E-state index contributed by atoms with van der Waals surface area (Å²) in [6.45, 7) is 0. The average Bonchev–Trinajstić information content (AvgIpc) is 2.12. The number of hydrogen-bond acceptors (Lipinski definition) is 2. The Morgan fingerprint density at radius 1 is 1.62 bits per heavy atom. The minimum Gasteiger partial charge on any atom is -0.465 e. The highest BCUT2D eigenvalue weighted by Gasteiger charge is 2.11. The van der Waals surface area contributed by atoms with Gasteiger partial charge in [-0.15, -0.1) is 9.24 Å². The smallest absolute Gasteiger partial charge is 0.337 e. The van der Waals surface area contributed by atoms with E-state index in [9.17, 15) is 9.18 Å². The molecule has 2 nitrogen and oxygen atoms in total. The lowest BCUT2D eigenvalue weighted by atomic mass is 10.2. The number of esters is 1. The van der Waals surface area contributed by atoms with Crippen LogP contribution in [0.4, 0.5) is 4.39 Å². The highest BCUT2D eigenvalue weighted by atomic mass is 79.9. The van der Waals surface area contributed by atoms with Crippen molar-refractivity contribution in [1.29, 1.82) is 0 Å². The highest BCUT2D eigenvalue weighted by molar-refractivity contribution is 9.10. The molecule has 0 aromatic heterocycles. The molecule has 0 saturated heterocycles. The SMILES string of the molecule is COC(=O)c1cc(F)c(Br)c(P)c1. The van der Waals surface area contributed by atoms with Crippen molar-refractivity contribution >= 4 is 36.4 Å². The molecule has 13 heavy (non-hydrogen) atoms. The molecule has 0 saturated carbocycles. The predicted octanol–water partition coefficient (Wildman–Crippen LogP) is 1.88. The van der Waals surface area contributed by atoms with Gasteiger partial charge in [-0.05, 0) is 33.4 Å². The van der Waals surface area contributed by atoms with Crippen molar-refractivity contribution < 1.29 is 13.9 Å². The second-order valence-electron chi connectivity index (χ2n) is 2.35. The van der Waals surface area contributed by atoms with Gasteiger partial charge in [0.25, 0.3) is 0 Å². The molecule has 1 aromatic rings. The van der Waals surface area contributed by atoms with Gasteiger partial charge in [0.05, 0.1) is 17.1 Å². The van der Waals surface area contributed by atoms with Crippen LogP contribution in [-0.4, -0.2) is 13.1 Å². The lowest BCUT2D eigenvalue weighted by Gasteiger charge is -2.03. The zero-order valence-electron chi connectivity index (χ0n) is 6.80. The van der Waals surface area contributed by atoms with Crippen LogP contribution in [0.15, 0.2) is 16.6 Å². The van der Waals surface area contributed by atoms with E-state index in [1.165, 1.54) is 13.2 Å². The van der Waals surface area contributed by atoms with Gasteiger partial charge in [-0.1, -0.05) is 0 Å². The van der Waals surface area contributed by atoms with E-state index in [0.717, 1.165) is 6.07 Å². The molecule has 0 spiro atoms. The van der Waals surface area contributed by atoms with Crippen LogP contribution in [0.2, 0.25) is 0 Å². The molecular weight excluding hydrogens is 258 g/mol. The number of halogens is 2. The van der Waals surface area contributed by atoms with Gasteiger partial charge < -0.3 is 4.74 Å². The summed E-state index contributed by atoms with van der Waals surface area (Å²) >= 11 is 3.04. The van der Waals surface area contributed by atoms with Crippen molar-refractivity contribution in [1.82, 2.24) is 0 Å². The van der Waals surface area contributed by atoms with E-state index in [1.54, 1.807) is 0 Å². The maximum atomic E-state index is 13.1. The van der Waals surface area contributed by atoms with Crippen molar-refractivity contribution in [2.45, 2.75) is 0 Å². The molecule has 0 fully saturated rings. The third kappa shape index (κ3) is 2.26. The third-order valence-electron chi connectivity index (χ3n) is 1.48. The Kier molecular flexibility index (Phi) is 3.40. The second kappa shape index (κ2) is 4.16. The van der Waals surface area contributed by atoms with Gasteiger partial charge in [-0.3, -0.25) is 0 Å². The van der Waals surface area contributed by atoms with Crippen molar-refractivity contribution in [3.05, 3.63) is 28.0 Å². The van der Waals surface area contributed by atoms with E-state index >= 15 is 0 Å². The Balaban J connectivity index is 3.20. The average molecular weight is 265 g/mol. The summed E-state index contributed by atoms with van der Waals surface area (Å²) in [5, 5.41) is 0.584. The minimum absolute atomic E-state index is 0.202. The standard InChI is InChI=1S/C8H7BrFO2P/c1-12-8(11)4-2-5(10)7(9)6(13)3-4/h2-3H,13H2,1H3. The van der Waals surface area contributed by atoms with E-state index in [-0.39, 0.29) is 5.56 Å². The van der Waals surface area contributed by atoms with Crippen LogP contribution in [0.1, 0.15) is 10.4 Å². The lowest BCUT2D eigenvalue weighted by molar-refractivity contribution is 0.0600. The molecule has 5 heteroatoms. The molecule has 1 atom stereocenters. The fourth-order valence-electron chi connectivity index (χ4n) is 0.846. The van der Waals surface area contributed by atoms with Crippen LogP contribution < -0.4 is 5.30 Å². The summed E-state index contributed by atoms with van der Waals surface area (Å²) in [5.74, 6) is -1.02. The number of hydrogen-bond donors (Lipinski definition) is 0. The Hall–Kier alpha value is -0.470. The molecule has 0 N–H and O–H groups in total. The molecule has 1 aromatic carbocycles. The number of ether oxygens (including phenoxy) is 1. The summed E-state index contributed by atoms with van der Waals surface area (Å²) in [4.78, 5) is 11.0. The topological polar surface area (TPSA) is 26.3 Å². The minimum atomic E-state index is -0.546.